The number of likely N-dealkylation sites (tertiary alicyclic amines) is 1. The maximum Gasteiger partial charge on any atom is 0.0198 e. The molecule has 0 amide bonds. The van der Waals surface area contributed by atoms with Crippen LogP contribution in [0, 0.1) is 17.8 Å². The third-order valence-electron chi connectivity index (χ3n) is 3.75. The van der Waals surface area contributed by atoms with E-state index in [1.807, 2.05) is 0 Å². The van der Waals surface area contributed by atoms with Crippen molar-refractivity contribution in [3.05, 3.63) is 0 Å². The van der Waals surface area contributed by atoms with E-state index in [4.69, 9.17) is 0 Å². The molecule has 1 fully saturated rings. The average molecular weight is 254 g/mol. The second-order valence-electron chi connectivity index (χ2n) is 7.00. The molecule has 1 N–H and O–H groups in total. The molecule has 1 aliphatic rings. The summed E-state index contributed by atoms with van der Waals surface area (Å²) in [7, 11) is 0. The predicted molar refractivity (Wildman–Crippen MR) is 80.9 cm³/mol. The summed E-state index contributed by atoms with van der Waals surface area (Å²) in [5, 5.41) is 3.77. The Kier molecular flexibility index (Phi) is 7.25. The Hall–Kier alpha value is -0.0800. The Morgan fingerprint density at radius 1 is 1.11 bits per heavy atom. The summed E-state index contributed by atoms with van der Waals surface area (Å²) in [5.74, 6) is 2.46. The van der Waals surface area contributed by atoms with Gasteiger partial charge in [-0.3, -0.25) is 0 Å². The minimum Gasteiger partial charge on any atom is -0.312 e. The first kappa shape index (κ1) is 16.0. The van der Waals surface area contributed by atoms with E-state index in [9.17, 15) is 0 Å². The molecule has 2 heteroatoms. The number of rotatable bonds is 7. The third-order valence-corrected chi connectivity index (χ3v) is 3.75. The SMILES string of the molecule is CCCC1CC(NCC(C)C)CN(CC(C)C)C1. The Bertz CT molecular complexity index is 213. The van der Waals surface area contributed by atoms with Gasteiger partial charge < -0.3 is 10.2 Å². The van der Waals surface area contributed by atoms with E-state index in [0.29, 0.717) is 0 Å². The highest BCUT2D eigenvalue weighted by Gasteiger charge is 2.26. The molecule has 0 saturated carbocycles. The molecule has 0 bridgehead atoms. The van der Waals surface area contributed by atoms with Gasteiger partial charge in [-0.1, -0.05) is 41.0 Å². The molecule has 1 saturated heterocycles. The van der Waals surface area contributed by atoms with Crippen LogP contribution in [0.4, 0.5) is 0 Å². The maximum absolute atomic E-state index is 3.77. The Labute approximate surface area is 115 Å². The monoisotopic (exact) mass is 254 g/mol. The minimum atomic E-state index is 0.719. The predicted octanol–water partition coefficient (Wildman–Crippen LogP) is 3.38. The van der Waals surface area contributed by atoms with Gasteiger partial charge in [-0.15, -0.1) is 0 Å². The lowest BCUT2D eigenvalue weighted by Crippen LogP contribution is -2.50. The van der Waals surface area contributed by atoms with Crippen LogP contribution in [0.25, 0.3) is 0 Å². The topological polar surface area (TPSA) is 15.3 Å². The van der Waals surface area contributed by atoms with Gasteiger partial charge in [0.15, 0.2) is 0 Å². The molecule has 18 heavy (non-hydrogen) atoms. The van der Waals surface area contributed by atoms with E-state index < -0.39 is 0 Å². The van der Waals surface area contributed by atoms with Crippen LogP contribution in [0.3, 0.4) is 0 Å². The summed E-state index contributed by atoms with van der Waals surface area (Å²) in [6, 6.07) is 0.719. The molecule has 2 atom stereocenters. The largest absolute Gasteiger partial charge is 0.312 e. The van der Waals surface area contributed by atoms with Crippen molar-refractivity contribution in [3.63, 3.8) is 0 Å². The van der Waals surface area contributed by atoms with Gasteiger partial charge >= 0.3 is 0 Å². The van der Waals surface area contributed by atoms with Gasteiger partial charge in [-0.05, 0) is 37.1 Å². The van der Waals surface area contributed by atoms with E-state index in [1.165, 1.54) is 45.4 Å². The highest BCUT2D eigenvalue weighted by atomic mass is 15.2. The normalized spacial score (nSPS) is 26.2. The minimum absolute atomic E-state index is 0.719. The zero-order valence-electron chi connectivity index (χ0n) is 13.2. The van der Waals surface area contributed by atoms with Crippen LogP contribution < -0.4 is 5.32 Å². The molecule has 1 heterocycles. The highest BCUT2D eigenvalue weighted by molar-refractivity contribution is 4.84. The van der Waals surface area contributed by atoms with Crippen LogP contribution in [0.5, 0.6) is 0 Å². The number of nitrogens with one attached hydrogen (secondary N) is 1. The number of hydrogen-bond donors (Lipinski definition) is 1. The first-order valence-electron chi connectivity index (χ1n) is 7.97. The first-order chi connectivity index (χ1) is 8.51. The molecular weight excluding hydrogens is 220 g/mol. The molecule has 0 aromatic rings. The van der Waals surface area contributed by atoms with Gasteiger partial charge in [-0.2, -0.15) is 0 Å². The van der Waals surface area contributed by atoms with Crippen molar-refractivity contribution < 1.29 is 0 Å². The van der Waals surface area contributed by atoms with Crippen LogP contribution in [-0.2, 0) is 0 Å². The number of piperidine rings is 1. The average Bonchev–Trinajstić information content (AvgIpc) is 2.25. The molecule has 2 nitrogen and oxygen atoms in total. The first-order valence-corrected chi connectivity index (χ1v) is 7.97. The molecule has 0 aromatic carbocycles. The summed E-state index contributed by atoms with van der Waals surface area (Å²) in [6.07, 6.45) is 4.11. The molecular formula is C16H34N2. The van der Waals surface area contributed by atoms with Gasteiger partial charge in [-0.25, -0.2) is 0 Å². The molecule has 1 aliphatic heterocycles. The lowest BCUT2D eigenvalue weighted by atomic mass is 9.90. The summed E-state index contributed by atoms with van der Waals surface area (Å²) in [4.78, 5) is 2.69. The van der Waals surface area contributed by atoms with Crippen LogP contribution >= 0.6 is 0 Å². The fourth-order valence-corrected chi connectivity index (χ4v) is 3.14. The third kappa shape index (κ3) is 6.19. The van der Waals surface area contributed by atoms with E-state index in [-0.39, 0.29) is 0 Å². The van der Waals surface area contributed by atoms with Crippen molar-refractivity contribution in [2.75, 3.05) is 26.2 Å². The Morgan fingerprint density at radius 3 is 2.39 bits per heavy atom. The van der Waals surface area contributed by atoms with Crippen LogP contribution in [0.15, 0.2) is 0 Å². The maximum atomic E-state index is 3.77. The fourth-order valence-electron chi connectivity index (χ4n) is 3.14. The standard InChI is InChI=1S/C16H34N2/c1-6-7-15-8-16(17-9-13(2)3)12-18(11-15)10-14(4)5/h13-17H,6-12H2,1-5H3. The summed E-state index contributed by atoms with van der Waals surface area (Å²) < 4.78 is 0. The highest BCUT2D eigenvalue weighted by Crippen LogP contribution is 2.22. The van der Waals surface area contributed by atoms with Crippen molar-refractivity contribution in [3.8, 4) is 0 Å². The lowest BCUT2D eigenvalue weighted by Gasteiger charge is -2.39. The molecule has 1 rings (SSSR count). The van der Waals surface area contributed by atoms with Crippen molar-refractivity contribution in [1.29, 1.82) is 0 Å². The fraction of sp³-hybridized carbons (Fsp3) is 1.00. The Balaban J connectivity index is 2.45. The van der Waals surface area contributed by atoms with Gasteiger partial charge in [0.25, 0.3) is 0 Å². The second kappa shape index (κ2) is 8.16. The van der Waals surface area contributed by atoms with Crippen LogP contribution in [0.2, 0.25) is 0 Å². The molecule has 0 spiro atoms. The molecule has 108 valence electrons. The quantitative estimate of drug-likeness (QED) is 0.749. The molecule has 0 radical (unpaired) electrons. The Morgan fingerprint density at radius 2 is 1.83 bits per heavy atom. The van der Waals surface area contributed by atoms with Gasteiger partial charge in [0, 0.05) is 25.7 Å². The summed E-state index contributed by atoms with van der Waals surface area (Å²) >= 11 is 0. The van der Waals surface area contributed by atoms with Crippen molar-refractivity contribution in [2.24, 2.45) is 17.8 Å². The summed E-state index contributed by atoms with van der Waals surface area (Å²) in [5.41, 5.74) is 0. The van der Waals surface area contributed by atoms with Crippen molar-refractivity contribution >= 4 is 0 Å². The van der Waals surface area contributed by atoms with Crippen LogP contribution in [0.1, 0.15) is 53.9 Å². The van der Waals surface area contributed by atoms with E-state index in [0.717, 1.165) is 23.8 Å². The van der Waals surface area contributed by atoms with Crippen LogP contribution in [-0.4, -0.2) is 37.1 Å². The molecule has 2 unspecified atom stereocenters. The van der Waals surface area contributed by atoms with Gasteiger partial charge in [0.05, 0.1) is 0 Å². The zero-order valence-corrected chi connectivity index (χ0v) is 13.2. The number of nitrogens with zero attached hydrogens (tertiary/aromatic N) is 1. The molecule has 0 aliphatic carbocycles. The second-order valence-corrected chi connectivity index (χ2v) is 7.00. The van der Waals surface area contributed by atoms with E-state index in [1.54, 1.807) is 0 Å². The van der Waals surface area contributed by atoms with E-state index >= 15 is 0 Å². The smallest absolute Gasteiger partial charge is 0.0198 e. The van der Waals surface area contributed by atoms with Crippen molar-refractivity contribution in [1.82, 2.24) is 10.2 Å². The van der Waals surface area contributed by atoms with E-state index in [2.05, 4.69) is 44.8 Å². The number of hydrogen-bond acceptors (Lipinski definition) is 2. The van der Waals surface area contributed by atoms with Gasteiger partial charge in [0.2, 0.25) is 0 Å². The zero-order chi connectivity index (χ0) is 13.5. The lowest BCUT2D eigenvalue weighted by molar-refractivity contribution is 0.122. The van der Waals surface area contributed by atoms with Gasteiger partial charge in [0.1, 0.15) is 0 Å². The van der Waals surface area contributed by atoms with Crippen molar-refractivity contribution in [2.45, 2.75) is 59.9 Å². The summed E-state index contributed by atoms with van der Waals surface area (Å²) in [6.45, 7) is 16.6. The molecule has 0 aromatic heterocycles.